The summed E-state index contributed by atoms with van der Waals surface area (Å²) in [5, 5.41) is 2.82. The Balaban J connectivity index is 1.67. The van der Waals surface area contributed by atoms with Gasteiger partial charge in [0, 0.05) is 24.5 Å². The maximum absolute atomic E-state index is 12.6. The van der Waals surface area contributed by atoms with Crippen LogP contribution in [0.4, 0.5) is 16.2 Å². The number of amides is 2. The van der Waals surface area contributed by atoms with Crippen LogP contribution in [0.25, 0.3) is 0 Å². The van der Waals surface area contributed by atoms with Crippen LogP contribution in [0.3, 0.4) is 0 Å². The van der Waals surface area contributed by atoms with Gasteiger partial charge in [-0.2, -0.15) is 0 Å². The standard InChI is InChI=1S/C23H22N2O5/c1-25(17-11-14-20(22(26)29-3)21(15-17)28-2)23(27)24-16-9-12-19(13-10-16)30-18-7-5-4-6-8-18/h4-15H,1-3H3,(H,24,27). The Morgan fingerprint density at radius 3 is 2.17 bits per heavy atom. The van der Waals surface area contributed by atoms with Crippen molar-refractivity contribution in [3.05, 3.63) is 78.4 Å². The van der Waals surface area contributed by atoms with Crippen molar-refractivity contribution in [1.82, 2.24) is 0 Å². The van der Waals surface area contributed by atoms with Crippen molar-refractivity contribution >= 4 is 23.4 Å². The second-order valence-electron chi connectivity index (χ2n) is 6.30. The summed E-state index contributed by atoms with van der Waals surface area (Å²) in [7, 11) is 4.37. The van der Waals surface area contributed by atoms with Gasteiger partial charge in [-0.15, -0.1) is 0 Å². The van der Waals surface area contributed by atoms with Gasteiger partial charge in [-0.1, -0.05) is 18.2 Å². The Morgan fingerprint density at radius 2 is 1.53 bits per heavy atom. The van der Waals surface area contributed by atoms with Gasteiger partial charge in [-0.25, -0.2) is 9.59 Å². The summed E-state index contributed by atoms with van der Waals surface area (Å²) < 4.78 is 15.7. The van der Waals surface area contributed by atoms with E-state index in [9.17, 15) is 9.59 Å². The Bertz CT molecular complexity index is 1020. The van der Waals surface area contributed by atoms with E-state index in [0.717, 1.165) is 5.75 Å². The van der Waals surface area contributed by atoms with Gasteiger partial charge in [0.2, 0.25) is 0 Å². The van der Waals surface area contributed by atoms with E-state index in [1.807, 2.05) is 30.3 Å². The summed E-state index contributed by atoms with van der Waals surface area (Å²) in [6, 6.07) is 20.9. The molecule has 7 nitrogen and oxygen atoms in total. The molecule has 0 aliphatic heterocycles. The fourth-order valence-electron chi connectivity index (χ4n) is 2.72. The lowest BCUT2D eigenvalue weighted by Crippen LogP contribution is -2.31. The highest BCUT2D eigenvalue weighted by Gasteiger charge is 2.17. The van der Waals surface area contributed by atoms with Gasteiger partial charge < -0.3 is 19.5 Å². The molecule has 30 heavy (non-hydrogen) atoms. The third-order valence-corrected chi connectivity index (χ3v) is 4.37. The van der Waals surface area contributed by atoms with Crippen molar-refractivity contribution in [3.63, 3.8) is 0 Å². The smallest absolute Gasteiger partial charge is 0.341 e. The van der Waals surface area contributed by atoms with E-state index < -0.39 is 5.97 Å². The van der Waals surface area contributed by atoms with Gasteiger partial charge in [0.25, 0.3) is 0 Å². The van der Waals surface area contributed by atoms with Crippen LogP contribution in [0.5, 0.6) is 17.2 Å². The fourth-order valence-corrected chi connectivity index (χ4v) is 2.72. The summed E-state index contributed by atoms with van der Waals surface area (Å²) in [5.41, 5.74) is 1.46. The number of carbonyl (C=O) groups excluding carboxylic acids is 2. The van der Waals surface area contributed by atoms with Crippen LogP contribution < -0.4 is 19.7 Å². The van der Waals surface area contributed by atoms with Crippen molar-refractivity contribution in [2.45, 2.75) is 0 Å². The van der Waals surface area contributed by atoms with Crippen LogP contribution in [-0.4, -0.2) is 33.3 Å². The predicted molar refractivity (Wildman–Crippen MR) is 115 cm³/mol. The Kier molecular flexibility index (Phi) is 6.54. The third-order valence-electron chi connectivity index (χ3n) is 4.37. The third kappa shape index (κ3) is 4.88. The number of anilines is 2. The van der Waals surface area contributed by atoms with Crippen LogP contribution >= 0.6 is 0 Å². The molecule has 0 aliphatic carbocycles. The first-order chi connectivity index (χ1) is 14.5. The number of methoxy groups -OCH3 is 2. The number of urea groups is 1. The number of para-hydroxylation sites is 1. The zero-order valence-corrected chi connectivity index (χ0v) is 16.9. The highest BCUT2D eigenvalue weighted by atomic mass is 16.5. The van der Waals surface area contributed by atoms with Crippen LogP contribution in [0.2, 0.25) is 0 Å². The number of carbonyl (C=O) groups is 2. The number of nitrogens with one attached hydrogen (secondary N) is 1. The van der Waals surface area contributed by atoms with Crippen molar-refractivity contribution in [1.29, 1.82) is 0 Å². The number of hydrogen-bond acceptors (Lipinski definition) is 5. The molecule has 0 bridgehead atoms. The molecule has 0 saturated heterocycles. The van der Waals surface area contributed by atoms with E-state index in [2.05, 4.69) is 5.32 Å². The molecular formula is C23H22N2O5. The maximum atomic E-state index is 12.6. The maximum Gasteiger partial charge on any atom is 0.341 e. The Morgan fingerprint density at radius 1 is 0.867 bits per heavy atom. The van der Waals surface area contributed by atoms with E-state index in [-0.39, 0.29) is 11.6 Å². The largest absolute Gasteiger partial charge is 0.496 e. The molecule has 0 fully saturated rings. The summed E-state index contributed by atoms with van der Waals surface area (Å²) in [5.74, 6) is 1.21. The summed E-state index contributed by atoms with van der Waals surface area (Å²) in [6.07, 6.45) is 0. The lowest BCUT2D eigenvalue weighted by atomic mass is 10.1. The molecule has 3 aromatic rings. The van der Waals surface area contributed by atoms with Gasteiger partial charge >= 0.3 is 12.0 Å². The molecule has 0 aliphatic rings. The number of hydrogen-bond donors (Lipinski definition) is 1. The molecule has 0 saturated carbocycles. The van der Waals surface area contributed by atoms with Crippen molar-refractivity contribution in [2.75, 3.05) is 31.5 Å². The van der Waals surface area contributed by atoms with E-state index in [4.69, 9.17) is 14.2 Å². The lowest BCUT2D eigenvalue weighted by molar-refractivity contribution is 0.0597. The Labute approximate surface area is 174 Å². The Hall–Kier alpha value is -4.00. The lowest BCUT2D eigenvalue weighted by Gasteiger charge is -2.19. The number of esters is 1. The minimum absolute atomic E-state index is 0.284. The highest BCUT2D eigenvalue weighted by Crippen LogP contribution is 2.27. The van der Waals surface area contributed by atoms with Crippen molar-refractivity contribution in [3.8, 4) is 17.2 Å². The van der Waals surface area contributed by atoms with Gasteiger partial charge in [0.1, 0.15) is 22.8 Å². The highest BCUT2D eigenvalue weighted by molar-refractivity contribution is 6.02. The molecule has 1 N–H and O–H groups in total. The molecule has 0 spiro atoms. The summed E-state index contributed by atoms with van der Waals surface area (Å²) >= 11 is 0. The van der Waals surface area contributed by atoms with E-state index in [0.29, 0.717) is 22.9 Å². The van der Waals surface area contributed by atoms with E-state index >= 15 is 0 Å². The monoisotopic (exact) mass is 406 g/mol. The van der Waals surface area contributed by atoms with Crippen molar-refractivity contribution in [2.24, 2.45) is 0 Å². The van der Waals surface area contributed by atoms with E-state index in [1.165, 1.54) is 19.1 Å². The molecule has 7 heteroatoms. The molecular weight excluding hydrogens is 384 g/mol. The molecule has 0 radical (unpaired) electrons. The topological polar surface area (TPSA) is 77.1 Å². The predicted octanol–water partition coefficient (Wildman–Crippen LogP) is 4.94. The van der Waals surface area contributed by atoms with Gasteiger partial charge in [-0.3, -0.25) is 4.90 Å². The average molecular weight is 406 g/mol. The van der Waals surface area contributed by atoms with Gasteiger partial charge in [0.15, 0.2) is 0 Å². The normalized spacial score (nSPS) is 10.1. The minimum Gasteiger partial charge on any atom is -0.496 e. The molecule has 2 amide bonds. The number of rotatable bonds is 6. The van der Waals surface area contributed by atoms with Crippen LogP contribution in [0, 0.1) is 0 Å². The van der Waals surface area contributed by atoms with Crippen LogP contribution in [0.15, 0.2) is 72.8 Å². The SMILES string of the molecule is COC(=O)c1ccc(N(C)C(=O)Nc2ccc(Oc3ccccc3)cc2)cc1OC. The molecule has 154 valence electrons. The zero-order chi connectivity index (χ0) is 21.5. The summed E-state index contributed by atoms with van der Waals surface area (Å²) in [4.78, 5) is 25.8. The molecule has 3 aromatic carbocycles. The van der Waals surface area contributed by atoms with Crippen LogP contribution in [-0.2, 0) is 4.74 Å². The fraction of sp³-hybridized carbons (Fsp3) is 0.130. The number of ether oxygens (including phenoxy) is 3. The first-order valence-corrected chi connectivity index (χ1v) is 9.16. The average Bonchev–Trinajstić information content (AvgIpc) is 2.79. The van der Waals surface area contributed by atoms with Gasteiger partial charge in [-0.05, 0) is 48.5 Å². The number of nitrogens with zero attached hydrogens (tertiary/aromatic N) is 1. The van der Waals surface area contributed by atoms with Gasteiger partial charge in [0.05, 0.1) is 14.2 Å². The first kappa shape index (κ1) is 20.7. The van der Waals surface area contributed by atoms with Crippen molar-refractivity contribution < 1.29 is 23.8 Å². The first-order valence-electron chi connectivity index (χ1n) is 9.16. The molecule has 0 aromatic heterocycles. The van der Waals surface area contributed by atoms with E-state index in [1.54, 1.807) is 49.5 Å². The molecule has 0 unspecified atom stereocenters. The second kappa shape index (κ2) is 9.47. The second-order valence-corrected chi connectivity index (χ2v) is 6.30. The van der Waals surface area contributed by atoms with Crippen LogP contribution in [0.1, 0.15) is 10.4 Å². The molecule has 3 rings (SSSR count). The molecule has 0 atom stereocenters. The summed E-state index contributed by atoms with van der Waals surface area (Å²) in [6.45, 7) is 0. The quantitative estimate of drug-likeness (QED) is 0.587. The zero-order valence-electron chi connectivity index (χ0n) is 16.9. The number of benzene rings is 3. The minimum atomic E-state index is -0.511. The molecule has 0 heterocycles.